The number of hydrogen-bond acceptors (Lipinski definition) is 5. The molecule has 2 heterocycles. The molecule has 7 nitrogen and oxygen atoms in total. The Morgan fingerprint density at radius 3 is 2.57 bits per heavy atom. The van der Waals surface area contributed by atoms with Crippen LogP contribution in [0.15, 0.2) is 0 Å². The van der Waals surface area contributed by atoms with Gasteiger partial charge in [-0.3, -0.25) is 9.59 Å². The fourth-order valence-corrected chi connectivity index (χ4v) is 5.09. The van der Waals surface area contributed by atoms with Crippen LogP contribution in [0.2, 0.25) is 0 Å². The van der Waals surface area contributed by atoms with Crippen molar-refractivity contribution in [1.82, 2.24) is 16.0 Å². The molecule has 0 aromatic carbocycles. The van der Waals surface area contributed by atoms with Gasteiger partial charge in [0.25, 0.3) is 0 Å². The van der Waals surface area contributed by atoms with Gasteiger partial charge in [0.1, 0.15) is 6.04 Å². The largest absolute Gasteiger partial charge is 0.467 e. The summed E-state index contributed by atoms with van der Waals surface area (Å²) in [5.74, 6) is -0.996. The molecule has 7 heteroatoms. The Morgan fingerprint density at radius 1 is 1.21 bits per heavy atom. The van der Waals surface area contributed by atoms with Crippen LogP contribution in [0, 0.1) is 11.3 Å². The van der Waals surface area contributed by atoms with Crippen molar-refractivity contribution in [2.75, 3.05) is 13.7 Å². The third-order valence-corrected chi connectivity index (χ3v) is 6.86. The summed E-state index contributed by atoms with van der Waals surface area (Å²) in [4.78, 5) is 37.5. The predicted molar refractivity (Wildman–Crippen MR) is 105 cm³/mol. The van der Waals surface area contributed by atoms with E-state index in [0.717, 1.165) is 19.4 Å². The molecular formula is C21H35N3O4. The fourth-order valence-electron chi connectivity index (χ4n) is 5.09. The Morgan fingerprint density at radius 2 is 1.93 bits per heavy atom. The van der Waals surface area contributed by atoms with Gasteiger partial charge in [0, 0.05) is 18.0 Å². The topological polar surface area (TPSA) is 96.5 Å². The average molecular weight is 394 g/mol. The van der Waals surface area contributed by atoms with Crippen molar-refractivity contribution in [3.63, 3.8) is 0 Å². The van der Waals surface area contributed by atoms with E-state index in [0.29, 0.717) is 6.42 Å². The maximum atomic E-state index is 12.8. The minimum absolute atomic E-state index is 0.0560. The van der Waals surface area contributed by atoms with Crippen LogP contribution in [-0.4, -0.2) is 49.1 Å². The fraction of sp³-hybridized carbons (Fsp3) is 0.857. The molecule has 0 radical (unpaired) electrons. The highest BCUT2D eigenvalue weighted by Crippen LogP contribution is 2.42. The SMILES string of the molecule is COC(=O)[C@H](CC1CCC(C)(C)NC1=O)NC(=O)C1CC2(CCCCC2)CN1. The summed E-state index contributed by atoms with van der Waals surface area (Å²) < 4.78 is 4.90. The summed E-state index contributed by atoms with van der Waals surface area (Å²) in [7, 11) is 1.32. The second-order valence-electron chi connectivity index (χ2n) is 9.63. The molecule has 2 saturated heterocycles. The van der Waals surface area contributed by atoms with Gasteiger partial charge in [0.2, 0.25) is 11.8 Å². The van der Waals surface area contributed by atoms with Crippen LogP contribution in [0.25, 0.3) is 0 Å². The van der Waals surface area contributed by atoms with Crippen molar-refractivity contribution >= 4 is 17.8 Å². The molecule has 2 aliphatic heterocycles. The third kappa shape index (κ3) is 4.85. The Balaban J connectivity index is 1.59. The van der Waals surface area contributed by atoms with E-state index in [1.807, 2.05) is 13.8 Å². The summed E-state index contributed by atoms with van der Waals surface area (Å²) in [6, 6.07) is -1.07. The number of rotatable bonds is 5. The van der Waals surface area contributed by atoms with Crippen molar-refractivity contribution in [3.8, 4) is 0 Å². The normalized spacial score (nSPS) is 29.8. The molecule has 0 bridgehead atoms. The van der Waals surface area contributed by atoms with E-state index >= 15 is 0 Å². The van der Waals surface area contributed by atoms with Crippen LogP contribution in [0.5, 0.6) is 0 Å². The first-order valence-electron chi connectivity index (χ1n) is 10.7. The lowest BCUT2D eigenvalue weighted by atomic mass is 9.72. The van der Waals surface area contributed by atoms with E-state index in [9.17, 15) is 14.4 Å². The molecule has 0 aromatic heterocycles. The number of carbonyl (C=O) groups excluding carboxylic acids is 3. The zero-order valence-electron chi connectivity index (χ0n) is 17.4. The smallest absolute Gasteiger partial charge is 0.328 e. The van der Waals surface area contributed by atoms with E-state index in [1.165, 1.54) is 39.2 Å². The molecule has 2 unspecified atom stereocenters. The van der Waals surface area contributed by atoms with Gasteiger partial charge < -0.3 is 20.7 Å². The molecule has 1 spiro atoms. The number of carbonyl (C=O) groups is 3. The highest BCUT2D eigenvalue weighted by molar-refractivity contribution is 5.88. The van der Waals surface area contributed by atoms with Crippen molar-refractivity contribution in [2.45, 2.75) is 89.3 Å². The Bertz CT molecular complexity index is 613. The number of methoxy groups -OCH3 is 1. The lowest BCUT2D eigenvalue weighted by Crippen LogP contribution is -2.54. The van der Waals surface area contributed by atoms with E-state index in [1.54, 1.807) is 0 Å². The number of esters is 1. The summed E-state index contributed by atoms with van der Waals surface area (Å²) in [6.07, 6.45) is 8.73. The minimum atomic E-state index is -0.792. The quantitative estimate of drug-likeness (QED) is 0.617. The molecular weight excluding hydrogens is 358 g/mol. The molecule has 2 amide bonds. The van der Waals surface area contributed by atoms with Gasteiger partial charge in [-0.25, -0.2) is 4.79 Å². The highest BCUT2D eigenvalue weighted by atomic mass is 16.5. The lowest BCUT2D eigenvalue weighted by Gasteiger charge is -2.36. The summed E-state index contributed by atoms with van der Waals surface area (Å²) in [5.41, 5.74) is 0.00946. The zero-order valence-corrected chi connectivity index (χ0v) is 17.4. The van der Waals surface area contributed by atoms with Crippen LogP contribution in [-0.2, 0) is 19.1 Å². The summed E-state index contributed by atoms with van der Waals surface area (Å²) in [6.45, 7) is 4.86. The molecule has 3 N–H and O–H groups in total. The minimum Gasteiger partial charge on any atom is -0.467 e. The summed E-state index contributed by atoms with van der Waals surface area (Å²) in [5, 5.41) is 9.22. The molecule has 3 fully saturated rings. The van der Waals surface area contributed by atoms with Gasteiger partial charge in [-0.1, -0.05) is 19.3 Å². The first-order valence-corrected chi connectivity index (χ1v) is 10.7. The standard InChI is InChI=1S/C21H35N3O4/c1-20(2)10-7-14(17(25)24-20)11-15(19(27)28-3)23-18(26)16-12-21(13-22-16)8-5-4-6-9-21/h14-16,22H,4-13H2,1-3H3,(H,23,26)(H,24,25)/t14?,15-,16?/m0/s1. The second kappa shape index (κ2) is 8.39. The number of nitrogens with one attached hydrogen (secondary N) is 3. The van der Waals surface area contributed by atoms with E-state index in [2.05, 4.69) is 16.0 Å². The van der Waals surface area contributed by atoms with E-state index < -0.39 is 12.0 Å². The van der Waals surface area contributed by atoms with Gasteiger partial charge >= 0.3 is 5.97 Å². The maximum Gasteiger partial charge on any atom is 0.328 e. The Hall–Kier alpha value is -1.63. The number of hydrogen-bond donors (Lipinski definition) is 3. The molecule has 28 heavy (non-hydrogen) atoms. The summed E-state index contributed by atoms with van der Waals surface area (Å²) >= 11 is 0. The number of ether oxygens (including phenoxy) is 1. The van der Waals surface area contributed by atoms with E-state index in [4.69, 9.17) is 4.74 Å². The molecule has 1 saturated carbocycles. The molecule has 158 valence electrons. The van der Waals surface area contributed by atoms with Gasteiger partial charge in [-0.15, -0.1) is 0 Å². The second-order valence-corrected chi connectivity index (χ2v) is 9.63. The first-order chi connectivity index (χ1) is 13.2. The number of piperidine rings is 1. The Kier molecular flexibility index (Phi) is 6.32. The molecule has 3 aliphatic rings. The molecule has 1 aliphatic carbocycles. The van der Waals surface area contributed by atoms with Crippen molar-refractivity contribution < 1.29 is 19.1 Å². The van der Waals surface area contributed by atoms with Gasteiger partial charge in [0.05, 0.1) is 13.2 Å². The van der Waals surface area contributed by atoms with Crippen LogP contribution >= 0.6 is 0 Å². The van der Waals surface area contributed by atoms with Crippen molar-refractivity contribution in [3.05, 3.63) is 0 Å². The van der Waals surface area contributed by atoms with Crippen molar-refractivity contribution in [2.24, 2.45) is 11.3 Å². The predicted octanol–water partition coefficient (Wildman–Crippen LogP) is 1.65. The van der Waals surface area contributed by atoms with E-state index in [-0.39, 0.29) is 41.1 Å². The molecule has 0 aromatic rings. The van der Waals surface area contributed by atoms with Crippen LogP contribution in [0.4, 0.5) is 0 Å². The van der Waals surface area contributed by atoms with Gasteiger partial charge in [-0.05, 0) is 57.8 Å². The highest BCUT2D eigenvalue weighted by Gasteiger charge is 2.43. The van der Waals surface area contributed by atoms with Crippen molar-refractivity contribution in [1.29, 1.82) is 0 Å². The van der Waals surface area contributed by atoms with Crippen LogP contribution in [0.3, 0.4) is 0 Å². The Labute approximate surface area is 167 Å². The number of amides is 2. The van der Waals surface area contributed by atoms with Crippen LogP contribution < -0.4 is 16.0 Å². The molecule has 3 atom stereocenters. The zero-order chi connectivity index (χ0) is 20.4. The first kappa shape index (κ1) is 21.1. The average Bonchev–Trinajstić information content (AvgIpc) is 3.06. The lowest BCUT2D eigenvalue weighted by molar-refractivity contribution is -0.146. The maximum absolute atomic E-state index is 12.8. The van der Waals surface area contributed by atoms with Gasteiger partial charge in [0.15, 0.2) is 0 Å². The van der Waals surface area contributed by atoms with Crippen LogP contribution in [0.1, 0.15) is 71.6 Å². The van der Waals surface area contributed by atoms with Gasteiger partial charge in [-0.2, -0.15) is 0 Å². The monoisotopic (exact) mass is 393 g/mol. The third-order valence-electron chi connectivity index (χ3n) is 6.86. The molecule has 3 rings (SSSR count).